The molecule has 0 aromatic carbocycles. The molecule has 0 bridgehead atoms. The monoisotopic (exact) mass is 204 g/mol. The van der Waals surface area contributed by atoms with Gasteiger partial charge in [-0.25, -0.2) is 0 Å². The Morgan fingerprint density at radius 3 is 1.36 bits per heavy atom. The summed E-state index contributed by atoms with van der Waals surface area (Å²) in [4.78, 5) is 31.1. The van der Waals surface area contributed by atoms with E-state index in [0.717, 1.165) is 0 Å². The fraction of sp³-hybridized carbons (Fsp3) is 0.667. The first kappa shape index (κ1) is 23.0. The number of carbonyl (C=O) groups is 1. The molecule has 0 amide bonds. The molecule has 0 unspecified atom stereocenters. The molecule has 5 nitrogen and oxygen atoms in total. The van der Waals surface area contributed by atoms with E-state index >= 15 is 0 Å². The minimum absolute atomic E-state index is 0. The van der Waals surface area contributed by atoms with Crippen molar-refractivity contribution in [3.05, 3.63) is 0 Å². The topological polar surface area (TPSA) is 98.0 Å². The van der Waals surface area contributed by atoms with Gasteiger partial charge in [0.25, 0.3) is 0 Å². The molecule has 0 radical (unpaired) electrons. The van der Waals surface area contributed by atoms with Gasteiger partial charge in [0.2, 0.25) is 0 Å². The number of carboxylic acids is 1. The second-order valence-corrected chi connectivity index (χ2v) is 1.55. The molecule has 0 heterocycles. The van der Waals surface area contributed by atoms with Crippen molar-refractivity contribution >= 4 is 73.7 Å². The zero-order chi connectivity index (χ0) is 7.86. The van der Waals surface area contributed by atoms with E-state index < -0.39 is 14.6 Å². The Morgan fingerprint density at radius 1 is 1.27 bits per heavy atom. The molecule has 0 aliphatic carbocycles. The summed E-state index contributed by atoms with van der Waals surface area (Å²) in [5, 5.41) is 7.72. The van der Waals surface area contributed by atoms with Crippen LogP contribution in [-0.4, -0.2) is 84.9 Å². The van der Waals surface area contributed by atoms with Crippen molar-refractivity contribution in [3.8, 4) is 0 Å². The maximum atomic E-state index is 9.37. The van der Waals surface area contributed by atoms with Crippen LogP contribution in [-0.2, 0) is 4.79 Å². The summed E-state index contributed by atoms with van der Waals surface area (Å²) >= 11 is 0. The van der Waals surface area contributed by atoms with Gasteiger partial charge >= 0.3 is 73.7 Å². The molecular formula is C3H11Na2O5P. The SMILES string of the molecule is CCC(=O)O.OP(O)O.[NaH].[NaH]. The van der Waals surface area contributed by atoms with Crippen molar-refractivity contribution < 1.29 is 24.6 Å². The van der Waals surface area contributed by atoms with Gasteiger partial charge in [-0.3, -0.25) is 4.79 Å². The summed E-state index contributed by atoms with van der Waals surface area (Å²) in [5.41, 5.74) is 0. The summed E-state index contributed by atoms with van der Waals surface area (Å²) in [6.45, 7) is 1.60. The van der Waals surface area contributed by atoms with Crippen LogP contribution in [0.1, 0.15) is 13.3 Å². The first-order chi connectivity index (χ1) is 4.00. The van der Waals surface area contributed by atoms with Crippen LogP contribution in [0, 0.1) is 0 Å². The standard InChI is InChI=1S/C3H6O2.2Na.H3O3P.2H/c1-2-3(4)5;;;1-4(2)3;;/h2H2,1H3,(H,4,5);;;1-3H;;. The molecular weight excluding hydrogens is 193 g/mol. The molecule has 60 valence electrons. The van der Waals surface area contributed by atoms with E-state index in [-0.39, 0.29) is 65.5 Å². The van der Waals surface area contributed by atoms with Crippen molar-refractivity contribution in [2.24, 2.45) is 0 Å². The van der Waals surface area contributed by atoms with E-state index in [0.29, 0.717) is 0 Å². The molecule has 0 aromatic rings. The Balaban J connectivity index is -0.0000000383. The van der Waals surface area contributed by atoms with E-state index in [9.17, 15) is 4.79 Å². The van der Waals surface area contributed by atoms with Crippen LogP contribution in [0.4, 0.5) is 0 Å². The van der Waals surface area contributed by atoms with Gasteiger partial charge in [0.15, 0.2) is 0 Å². The molecule has 0 atom stereocenters. The zero-order valence-electron chi connectivity index (χ0n) is 4.85. The van der Waals surface area contributed by atoms with Gasteiger partial charge in [0.1, 0.15) is 0 Å². The van der Waals surface area contributed by atoms with E-state index in [4.69, 9.17) is 19.8 Å². The fourth-order valence-corrected chi connectivity index (χ4v) is 0. The molecule has 11 heavy (non-hydrogen) atoms. The van der Waals surface area contributed by atoms with Gasteiger partial charge in [-0.05, 0) is 0 Å². The summed E-state index contributed by atoms with van der Waals surface area (Å²) in [5.74, 6) is -0.745. The predicted octanol–water partition coefficient (Wildman–Crippen LogP) is -1.63. The normalized spacial score (nSPS) is 6.64. The van der Waals surface area contributed by atoms with Crippen LogP contribution in [0.25, 0.3) is 0 Å². The van der Waals surface area contributed by atoms with E-state index in [2.05, 4.69) is 0 Å². The molecule has 4 N–H and O–H groups in total. The van der Waals surface area contributed by atoms with Crippen molar-refractivity contribution in [3.63, 3.8) is 0 Å². The Labute approximate surface area is 110 Å². The van der Waals surface area contributed by atoms with E-state index in [1.54, 1.807) is 6.92 Å². The third-order valence-corrected chi connectivity index (χ3v) is 0.302. The van der Waals surface area contributed by atoms with Gasteiger partial charge in [-0.1, -0.05) is 6.92 Å². The number of rotatable bonds is 1. The number of hydrogen-bond donors (Lipinski definition) is 4. The third kappa shape index (κ3) is 78.9. The van der Waals surface area contributed by atoms with Crippen molar-refractivity contribution in [2.75, 3.05) is 0 Å². The van der Waals surface area contributed by atoms with Crippen molar-refractivity contribution in [1.82, 2.24) is 0 Å². The van der Waals surface area contributed by atoms with Crippen LogP contribution in [0.2, 0.25) is 0 Å². The number of carboxylic acid groups (broad SMARTS) is 1. The van der Waals surface area contributed by atoms with Crippen LogP contribution in [0.3, 0.4) is 0 Å². The van der Waals surface area contributed by atoms with Crippen LogP contribution >= 0.6 is 8.60 Å². The Morgan fingerprint density at radius 2 is 1.36 bits per heavy atom. The second kappa shape index (κ2) is 17.8. The molecule has 0 aliphatic heterocycles. The average Bonchev–Trinajstić information content (AvgIpc) is 1.65. The molecule has 0 saturated heterocycles. The van der Waals surface area contributed by atoms with Gasteiger partial charge < -0.3 is 19.8 Å². The summed E-state index contributed by atoms with van der Waals surface area (Å²) in [6, 6.07) is 0. The molecule has 0 aliphatic rings. The Hall–Kier alpha value is 1.78. The first-order valence-electron chi connectivity index (χ1n) is 2.09. The van der Waals surface area contributed by atoms with E-state index in [1.807, 2.05) is 0 Å². The summed E-state index contributed by atoms with van der Waals surface area (Å²) in [6.07, 6.45) is 0.222. The van der Waals surface area contributed by atoms with Gasteiger partial charge in [-0.15, -0.1) is 0 Å². The first-order valence-corrected chi connectivity index (χ1v) is 3.29. The van der Waals surface area contributed by atoms with Gasteiger partial charge in [0.05, 0.1) is 0 Å². The number of hydrogen-bond acceptors (Lipinski definition) is 4. The summed E-state index contributed by atoms with van der Waals surface area (Å²) < 4.78 is 0. The van der Waals surface area contributed by atoms with Crippen molar-refractivity contribution in [2.45, 2.75) is 13.3 Å². The minimum atomic E-state index is -2.62. The molecule has 0 spiro atoms. The van der Waals surface area contributed by atoms with Crippen LogP contribution in [0.5, 0.6) is 0 Å². The molecule has 0 fully saturated rings. The van der Waals surface area contributed by atoms with Gasteiger partial charge in [0, 0.05) is 6.42 Å². The molecule has 8 heteroatoms. The van der Waals surface area contributed by atoms with Crippen LogP contribution < -0.4 is 0 Å². The molecule has 0 rings (SSSR count). The molecule has 0 saturated carbocycles. The van der Waals surface area contributed by atoms with E-state index in [1.165, 1.54) is 0 Å². The Bertz CT molecular complexity index is 77.4. The number of aliphatic carboxylic acids is 1. The predicted molar refractivity (Wildman–Crippen MR) is 45.8 cm³/mol. The fourth-order valence-electron chi connectivity index (χ4n) is 0. The summed E-state index contributed by atoms with van der Waals surface area (Å²) in [7, 11) is -2.62. The Kier molecular flexibility index (Phi) is 37.1. The van der Waals surface area contributed by atoms with Gasteiger partial charge in [-0.2, -0.15) is 0 Å². The average molecular weight is 204 g/mol. The quantitative estimate of drug-likeness (QED) is 0.304. The second-order valence-electron chi connectivity index (χ2n) is 1.02. The zero-order valence-corrected chi connectivity index (χ0v) is 5.75. The third-order valence-electron chi connectivity index (χ3n) is 0.302. The molecule has 0 aromatic heterocycles. The van der Waals surface area contributed by atoms with Crippen LogP contribution in [0.15, 0.2) is 0 Å². The van der Waals surface area contributed by atoms with Crippen molar-refractivity contribution in [1.29, 1.82) is 0 Å². The maximum absolute atomic E-state index is 9.37.